The average molecular weight is 985 g/mol. The molecule has 8 unspecified atom stereocenters. The van der Waals surface area contributed by atoms with Crippen molar-refractivity contribution in [3.05, 3.63) is 105 Å². The fraction of sp³-hybridized carbons (Fsp3) is 0.520. The molecule has 0 saturated heterocycles. The third-order valence-corrected chi connectivity index (χ3v) is 13.8. The van der Waals surface area contributed by atoms with E-state index < -0.39 is 104 Å². The number of hydrogen-bond donors (Lipinski definition) is 14. The molecular weight excluding hydrogens is 916 g/mol. The summed E-state index contributed by atoms with van der Waals surface area (Å²) in [6.45, 7) is 6.17. The summed E-state index contributed by atoms with van der Waals surface area (Å²) < 4.78 is 2.17. The number of benzene rings is 2. The number of aliphatic hydroxyl groups excluding tert-OH is 10. The molecule has 69 heavy (non-hydrogen) atoms. The van der Waals surface area contributed by atoms with Crippen LogP contribution < -0.4 is 16.0 Å². The Morgan fingerprint density at radius 2 is 1.26 bits per heavy atom. The van der Waals surface area contributed by atoms with Gasteiger partial charge < -0.3 is 72.1 Å². The maximum atomic E-state index is 13.4. The summed E-state index contributed by atoms with van der Waals surface area (Å²) >= 11 is 7.16. The maximum absolute atomic E-state index is 13.4. The lowest BCUT2D eigenvalue weighted by atomic mass is 9.80. The molecule has 3 aliphatic rings. The van der Waals surface area contributed by atoms with Crippen LogP contribution in [-0.2, 0) is 15.6 Å². The summed E-state index contributed by atoms with van der Waals surface area (Å²) in [5.74, 6) is -1.93. The molecular formula is C50H68ClN4O14+. The van der Waals surface area contributed by atoms with Crippen molar-refractivity contribution in [3.63, 3.8) is 0 Å². The number of aliphatic hydroxyl groups is 10. The van der Waals surface area contributed by atoms with Gasteiger partial charge in [0.25, 0.3) is 11.8 Å². The minimum atomic E-state index is -1.83. The van der Waals surface area contributed by atoms with Crippen LogP contribution in [0.4, 0.5) is 11.4 Å². The molecule has 2 heterocycles. The predicted molar refractivity (Wildman–Crippen MR) is 257 cm³/mol. The Morgan fingerprint density at radius 1 is 0.710 bits per heavy atom. The van der Waals surface area contributed by atoms with E-state index in [1.54, 1.807) is 30.3 Å². The second kappa shape index (κ2) is 23.9. The van der Waals surface area contributed by atoms with Crippen molar-refractivity contribution in [2.75, 3.05) is 38.2 Å². The van der Waals surface area contributed by atoms with Crippen LogP contribution in [0.2, 0.25) is 0 Å². The normalized spacial score (nSPS) is 21.0. The Hall–Kier alpha value is -4.83. The van der Waals surface area contributed by atoms with Crippen LogP contribution in [0.5, 0.6) is 0 Å². The number of hydrogen-bond acceptors (Lipinski definition) is 14. The predicted octanol–water partition coefficient (Wildman–Crippen LogP) is 1.49. The molecule has 0 radical (unpaired) electrons. The number of anilines is 1. The largest absolute Gasteiger partial charge is 0.481 e. The number of carboxylic acids is 1. The van der Waals surface area contributed by atoms with Gasteiger partial charge in [-0.3, -0.25) is 14.4 Å². The number of nitrogens with one attached hydrogen (secondary N) is 3. The molecule has 0 aromatic heterocycles. The molecule has 0 saturated carbocycles. The number of rotatable bonds is 23. The third-order valence-electron chi connectivity index (χ3n) is 13.3. The first kappa shape index (κ1) is 55.1. The molecule has 0 bridgehead atoms. The van der Waals surface area contributed by atoms with Gasteiger partial charge in [-0.15, -0.1) is 0 Å². The number of nitrogens with zero attached hydrogens (tertiary/aromatic N) is 1. The van der Waals surface area contributed by atoms with Crippen molar-refractivity contribution in [3.8, 4) is 0 Å². The zero-order valence-electron chi connectivity index (χ0n) is 39.3. The molecule has 378 valence electrons. The minimum absolute atomic E-state index is 0.0678. The Labute approximate surface area is 406 Å². The molecule has 2 aliphatic heterocycles. The molecule has 2 aromatic carbocycles. The highest BCUT2D eigenvalue weighted by Gasteiger charge is 2.45. The summed E-state index contributed by atoms with van der Waals surface area (Å²) in [6, 6.07) is 10.4. The van der Waals surface area contributed by atoms with E-state index in [0.717, 1.165) is 64.3 Å². The van der Waals surface area contributed by atoms with Gasteiger partial charge in [0.15, 0.2) is 5.71 Å². The second-order valence-corrected chi connectivity index (χ2v) is 19.3. The van der Waals surface area contributed by atoms with E-state index >= 15 is 0 Å². The van der Waals surface area contributed by atoms with Crippen LogP contribution in [0.15, 0.2) is 82.6 Å². The lowest BCUT2D eigenvalue weighted by Gasteiger charge is -2.25. The summed E-state index contributed by atoms with van der Waals surface area (Å²) in [5, 5.41) is 117. The van der Waals surface area contributed by atoms with E-state index in [4.69, 9.17) is 21.8 Å². The van der Waals surface area contributed by atoms with Crippen molar-refractivity contribution in [1.82, 2.24) is 10.6 Å². The number of carboxylic acid groups (broad SMARTS) is 1. The standard InChI is InChI=1S/C50H67ClN4O14/c1-49(2)31-21-29(47(68)52-23-35(58)43(64)45(66)37(60)25-56)12-16-33(31)54-39(49)18-14-27-9-8-10-28(42(27)51)15-19-40-50(3,4)32-22-30(13-17-34(32)55(40)20-7-5-6-11-41(62)63)48(69)53-24-36(59)44(65)46(67)38(61)26-57/h12-19,21-22,35-38,43-46,56-61,64-67H,5-11,20,23-26H2,1-4H3,(H3,52,53,62,63,68,69)/p+1. The van der Waals surface area contributed by atoms with Crippen LogP contribution in [0, 0.1) is 0 Å². The number of carbonyl (C=O) groups excluding carboxylic acids is 2. The van der Waals surface area contributed by atoms with E-state index in [0.29, 0.717) is 36.4 Å². The van der Waals surface area contributed by atoms with Crippen molar-refractivity contribution in [1.29, 1.82) is 0 Å². The number of unbranched alkanes of at least 4 members (excludes halogenated alkanes) is 2. The lowest BCUT2D eigenvalue weighted by molar-refractivity contribution is -0.438. The second-order valence-electron chi connectivity index (χ2n) is 18.9. The lowest BCUT2D eigenvalue weighted by Crippen LogP contribution is -2.49. The number of aliphatic carboxylic acids is 1. The summed E-state index contributed by atoms with van der Waals surface area (Å²) in [4.78, 5) is 37.7. The van der Waals surface area contributed by atoms with Crippen LogP contribution >= 0.6 is 11.6 Å². The molecule has 14 N–H and O–H groups in total. The highest BCUT2D eigenvalue weighted by Crippen LogP contribution is 2.45. The van der Waals surface area contributed by atoms with Gasteiger partial charge in [-0.05, 0) is 99.1 Å². The number of halogens is 1. The van der Waals surface area contributed by atoms with Gasteiger partial charge in [0.05, 0.1) is 30.8 Å². The first-order chi connectivity index (χ1) is 32.5. The number of amides is 2. The zero-order valence-corrected chi connectivity index (χ0v) is 40.1. The van der Waals surface area contributed by atoms with E-state index in [2.05, 4.69) is 20.5 Å². The molecule has 19 heteroatoms. The van der Waals surface area contributed by atoms with E-state index in [-0.39, 0.29) is 12.0 Å². The summed E-state index contributed by atoms with van der Waals surface area (Å²) in [7, 11) is 0. The van der Waals surface area contributed by atoms with E-state index in [1.165, 1.54) is 0 Å². The number of fused-ring (bicyclic) bond motifs is 2. The monoisotopic (exact) mass is 983 g/mol. The van der Waals surface area contributed by atoms with Gasteiger partial charge in [0, 0.05) is 76.6 Å². The number of carbonyl (C=O) groups is 3. The van der Waals surface area contributed by atoms with Crippen molar-refractivity contribution < 1.29 is 75.1 Å². The Bertz CT molecular complexity index is 2360. The molecule has 0 fully saturated rings. The van der Waals surface area contributed by atoms with Crippen LogP contribution in [0.3, 0.4) is 0 Å². The highest BCUT2D eigenvalue weighted by atomic mass is 35.5. The summed E-state index contributed by atoms with van der Waals surface area (Å²) in [6.07, 6.45) is -1.58. The van der Waals surface area contributed by atoms with Gasteiger partial charge in [-0.1, -0.05) is 37.6 Å². The average Bonchev–Trinajstić information content (AvgIpc) is 3.71. The van der Waals surface area contributed by atoms with Gasteiger partial charge >= 0.3 is 5.97 Å². The fourth-order valence-electron chi connectivity index (χ4n) is 8.83. The molecule has 18 nitrogen and oxygen atoms in total. The van der Waals surface area contributed by atoms with Crippen LogP contribution in [0.1, 0.15) is 104 Å². The molecule has 0 spiro atoms. The van der Waals surface area contributed by atoms with E-state index in [1.807, 2.05) is 58.1 Å². The Morgan fingerprint density at radius 3 is 1.83 bits per heavy atom. The van der Waals surface area contributed by atoms with Crippen LogP contribution in [0.25, 0.3) is 0 Å². The van der Waals surface area contributed by atoms with Crippen molar-refractivity contribution in [2.45, 2.75) is 132 Å². The van der Waals surface area contributed by atoms with Gasteiger partial charge in [0.2, 0.25) is 5.69 Å². The topological polar surface area (TPSA) is 313 Å². The first-order valence-corrected chi connectivity index (χ1v) is 23.6. The van der Waals surface area contributed by atoms with Crippen molar-refractivity contribution in [2.24, 2.45) is 0 Å². The van der Waals surface area contributed by atoms with E-state index in [9.17, 15) is 60.3 Å². The Balaban J connectivity index is 1.34. The van der Waals surface area contributed by atoms with Gasteiger partial charge in [-0.2, -0.15) is 4.58 Å². The molecule has 8 atom stereocenters. The van der Waals surface area contributed by atoms with Gasteiger partial charge in [0.1, 0.15) is 43.2 Å². The van der Waals surface area contributed by atoms with Crippen molar-refractivity contribution >= 4 is 46.5 Å². The summed E-state index contributed by atoms with van der Waals surface area (Å²) in [5.41, 5.74) is 6.43. The Kier molecular flexibility index (Phi) is 19.0. The van der Waals surface area contributed by atoms with Crippen LogP contribution in [-0.4, -0.2) is 166 Å². The maximum Gasteiger partial charge on any atom is 0.303 e. The molecule has 2 amide bonds. The molecule has 1 aliphatic carbocycles. The first-order valence-electron chi connectivity index (χ1n) is 23.2. The minimum Gasteiger partial charge on any atom is -0.481 e. The zero-order chi connectivity index (χ0) is 51.0. The highest BCUT2D eigenvalue weighted by molar-refractivity contribution is 6.32. The molecule has 2 aromatic rings. The quantitative estimate of drug-likeness (QED) is 0.0554. The molecule has 5 rings (SSSR count). The smallest absolute Gasteiger partial charge is 0.303 e. The fourth-order valence-corrected chi connectivity index (χ4v) is 9.14. The SMILES string of the molecule is CC1(C)C(/C=C/C2=C(Cl)C(=C/C=C3/Nc4ccc(C(=O)NCC(O)C(O)C(O)C(O)CO)cc4C3(C)C)/CCC2)=[N+](CCCCCC(=O)O)c2ccc(C(=O)NCC(O)C(O)C(O)C(O)CO)cc21. The van der Waals surface area contributed by atoms with Gasteiger partial charge in [-0.25, -0.2) is 0 Å². The third kappa shape index (κ3) is 12.9. The number of allylic oxidation sites excluding steroid dienone is 8.